The molecule has 0 unspecified atom stereocenters. The average Bonchev–Trinajstić information content (AvgIpc) is 2.86. The van der Waals surface area contributed by atoms with Crippen LogP contribution in [0.2, 0.25) is 0 Å². The van der Waals surface area contributed by atoms with Crippen LogP contribution in [0.25, 0.3) is 6.08 Å². The van der Waals surface area contributed by atoms with Gasteiger partial charge in [-0.05, 0) is 41.5 Å². The number of nitro groups is 1. The number of nitro benzene ring substituents is 1. The molecule has 0 aliphatic carbocycles. The predicted molar refractivity (Wildman–Crippen MR) is 122 cm³/mol. The third-order valence-corrected chi connectivity index (χ3v) is 4.75. The van der Waals surface area contributed by atoms with Crippen LogP contribution in [-0.4, -0.2) is 28.9 Å². The van der Waals surface area contributed by atoms with E-state index in [4.69, 9.17) is 14.6 Å². The molecule has 0 saturated carbocycles. The third kappa shape index (κ3) is 5.63. The second-order valence-corrected chi connectivity index (χ2v) is 7.01. The van der Waals surface area contributed by atoms with Crippen LogP contribution in [0.3, 0.4) is 0 Å². The van der Waals surface area contributed by atoms with Crippen molar-refractivity contribution in [1.82, 2.24) is 0 Å². The number of rotatable bonds is 9. The van der Waals surface area contributed by atoms with E-state index < -0.39 is 16.7 Å². The summed E-state index contributed by atoms with van der Waals surface area (Å²) in [5.41, 5.74) is 0.845. The Morgan fingerprint density at radius 3 is 2.47 bits per heavy atom. The fourth-order valence-corrected chi connectivity index (χ4v) is 3.08. The zero-order chi connectivity index (χ0) is 24.7. The van der Waals surface area contributed by atoms with E-state index in [1.54, 1.807) is 30.3 Å². The highest BCUT2D eigenvalue weighted by Gasteiger charge is 2.16. The Morgan fingerprint density at radius 2 is 1.79 bits per heavy atom. The van der Waals surface area contributed by atoms with Gasteiger partial charge in [0.25, 0.3) is 5.69 Å². The van der Waals surface area contributed by atoms with Crippen molar-refractivity contribution in [3.8, 4) is 17.6 Å². The SMILES string of the molecule is COc1cc(/C=C(\C#N)C(=O)c2cccc([N+](=O)[O-])c2)ccc1OCc1cccc(C(=O)O)c1. The standard InChI is InChI=1S/C25H18N2O7/c1-33-23-12-16(8-9-22(23)34-15-17-4-2-6-19(11-17)25(29)30)10-20(14-26)24(28)18-5-3-7-21(13-18)27(31)32/h2-13H,15H2,1H3,(H,29,30)/b20-10+. The molecule has 0 bridgehead atoms. The predicted octanol–water partition coefficient (Wildman–Crippen LogP) is 4.67. The number of nitrogens with zero attached hydrogens (tertiary/aromatic N) is 2. The van der Waals surface area contributed by atoms with Crippen molar-refractivity contribution in [3.63, 3.8) is 0 Å². The van der Waals surface area contributed by atoms with Gasteiger partial charge in [0.05, 0.1) is 17.6 Å². The number of hydrogen-bond donors (Lipinski definition) is 1. The highest BCUT2D eigenvalue weighted by molar-refractivity contribution is 6.14. The number of benzene rings is 3. The molecule has 34 heavy (non-hydrogen) atoms. The lowest BCUT2D eigenvalue weighted by molar-refractivity contribution is -0.384. The monoisotopic (exact) mass is 458 g/mol. The van der Waals surface area contributed by atoms with Crippen LogP contribution in [-0.2, 0) is 6.61 Å². The lowest BCUT2D eigenvalue weighted by Crippen LogP contribution is -2.03. The van der Waals surface area contributed by atoms with Gasteiger partial charge >= 0.3 is 5.97 Å². The molecule has 0 saturated heterocycles. The molecule has 0 aliphatic rings. The van der Waals surface area contributed by atoms with E-state index in [-0.39, 0.29) is 29.0 Å². The Labute approximate surface area is 194 Å². The normalized spacial score (nSPS) is 10.8. The van der Waals surface area contributed by atoms with Crippen molar-refractivity contribution >= 4 is 23.5 Å². The summed E-state index contributed by atoms with van der Waals surface area (Å²) in [6, 6.07) is 18.1. The van der Waals surface area contributed by atoms with Gasteiger partial charge in [0, 0.05) is 17.7 Å². The van der Waals surface area contributed by atoms with Gasteiger partial charge in [0.1, 0.15) is 18.2 Å². The summed E-state index contributed by atoms with van der Waals surface area (Å²) in [5.74, 6) is -0.973. The molecule has 0 spiro atoms. The van der Waals surface area contributed by atoms with E-state index in [9.17, 15) is 25.0 Å². The summed E-state index contributed by atoms with van der Waals surface area (Å²) in [5, 5.41) is 29.5. The topological polar surface area (TPSA) is 140 Å². The van der Waals surface area contributed by atoms with Gasteiger partial charge in [-0.15, -0.1) is 0 Å². The number of Topliss-reactive ketones (excluding diaryl/α,β-unsaturated/α-hetero) is 1. The van der Waals surface area contributed by atoms with Crippen molar-refractivity contribution < 1.29 is 29.1 Å². The second kappa shape index (κ2) is 10.6. The minimum atomic E-state index is -1.04. The Balaban J connectivity index is 1.82. The number of carbonyl (C=O) groups is 2. The number of non-ortho nitro benzene ring substituents is 1. The van der Waals surface area contributed by atoms with Gasteiger partial charge in [0.2, 0.25) is 5.78 Å². The lowest BCUT2D eigenvalue weighted by atomic mass is 10.0. The van der Waals surface area contributed by atoms with Crippen LogP contribution in [0.4, 0.5) is 5.69 Å². The Kier molecular flexibility index (Phi) is 7.36. The molecule has 3 rings (SSSR count). The molecule has 0 heterocycles. The van der Waals surface area contributed by atoms with Crippen molar-refractivity contribution in [2.75, 3.05) is 7.11 Å². The van der Waals surface area contributed by atoms with Crippen LogP contribution < -0.4 is 9.47 Å². The number of hydrogen-bond acceptors (Lipinski definition) is 7. The van der Waals surface area contributed by atoms with Gasteiger partial charge in [-0.3, -0.25) is 14.9 Å². The molecule has 3 aromatic carbocycles. The Bertz CT molecular complexity index is 1340. The number of methoxy groups -OCH3 is 1. The van der Waals surface area contributed by atoms with Gasteiger partial charge < -0.3 is 14.6 Å². The number of ether oxygens (including phenoxy) is 2. The summed E-state index contributed by atoms with van der Waals surface area (Å²) < 4.78 is 11.1. The zero-order valence-corrected chi connectivity index (χ0v) is 17.9. The first-order valence-corrected chi connectivity index (χ1v) is 9.86. The van der Waals surface area contributed by atoms with Gasteiger partial charge in [0.15, 0.2) is 11.5 Å². The van der Waals surface area contributed by atoms with Crippen molar-refractivity contribution in [2.24, 2.45) is 0 Å². The summed E-state index contributed by atoms with van der Waals surface area (Å²) in [4.78, 5) is 34.2. The quantitative estimate of drug-likeness (QED) is 0.160. The minimum Gasteiger partial charge on any atom is -0.493 e. The van der Waals surface area contributed by atoms with Crippen LogP contribution in [0.15, 0.2) is 72.3 Å². The van der Waals surface area contributed by atoms with Crippen LogP contribution in [0.5, 0.6) is 11.5 Å². The van der Waals surface area contributed by atoms with Gasteiger partial charge in [-0.2, -0.15) is 5.26 Å². The molecule has 9 heteroatoms. The van der Waals surface area contributed by atoms with Crippen LogP contribution in [0.1, 0.15) is 31.8 Å². The van der Waals surface area contributed by atoms with E-state index in [0.717, 1.165) is 6.07 Å². The molecule has 0 fully saturated rings. The Hall–Kier alpha value is -4.97. The molecule has 0 amide bonds. The highest BCUT2D eigenvalue weighted by Crippen LogP contribution is 2.30. The first-order chi connectivity index (χ1) is 16.3. The molecular weight excluding hydrogens is 440 g/mol. The van der Waals surface area contributed by atoms with Crippen molar-refractivity contribution in [1.29, 1.82) is 5.26 Å². The Morgan fingerprint density at radius 1 is 1.06 bits per heavy atom. The fraction of sp³-hybridized carbons (Fsp3) is 0.0800. The van der Waals surface area contributed by atoms with Crippen molar-refractivity contribution in [3.05, 3.63) is 105 Å². The van der Waals surface area contributed by atoms with Crippen LogP contribution >= 0.6 is 0 Å². The zero-order valence-electron chi connectivity index (χ0n) is 17.9. The summed E-state index contributed by atoms with van der Waals surface area (Å²) in [7, 11) is 1.43. The summed E-state index contributed by atoms with van der Waals surface area (Å²) in [6.45, 7) is 0.0986. The molecule has 0 aliphatic heterocycles. The largest absolute Gasteiger partial charge is 0.493 e. The molecular formula is C25H18N2O7. The van der Waals surface area contributed by atoms with E-state index in [1.807, 2.05) is 6.07 Å². The number of carboxylic acid groups (broad SMARTS) is 1. The number of ketones is 1. The minimum absolute atomic E-state index is 0.0255. The second-order valence-electron chi connectivity index (χ2n) is 7.01. The average molecular weight is 458 g/mol. The lowest BCUT2D eigenvalue weighted by Gasteiger charge is -2.12. The number of carbonyl (C=O) groups excluding carboxylic acids is 1. The number of carboxylic acids is 1. The van der Waals surface area contributed by atoms with E-state index >= 15 is 0 Å². The number of aromatic carboxylic acids is 1. The van der Waals surface area contributed by atoms with Gasteiger partial charge in [-0.25, -0.2) is 4.79 Å². The maximum absolute atomic E-state index is 12.7. The number of allylic oxidation sites excluding steroid dienone is 1. The van der Waals surface area contributed by atoms with E-state index in [2.05, 4.69) is 0 Å². The van der Waals surface area contributed by atoms with E-state index in [1.165, 1.54) is 43.5 Å². The molecule has 0 aromatic heterocycles. The molecule has 0 radical (unpaired) electrons. The number of nitriles is 1. The first kappa shape index (κ1) is 23.7. The van der Waals surface area contributed by atoms with E-state index in [0.29, 0.717) is 22.6 Å². The summed E-state index contributed by atoms with van der Waals surface area (Å²) >= 11 is 0. The maximum atomic E-state index is 12.7. The maximum Gasteiger partial charge on any atom is 0.335 e. The first-order valence-electron chi connectivity index (χ1n) is 9.86. The van der Waals surface area contributed by atoms with Crippen molar-refractivity contribution in [2.45, 2.75) is 6.61 Å². The smallest absolute Gasteiger partial charge is 0.335 e. The summed E-state index contributed by atoms with van der Waals surface area (Å²) in [6.07, 6.45) is 1.35. The molecule has 9 nitrogen and oxygen atoms in total. The highest BCUT2D eigenvalue weighted by atomic mass is 16.6. The van der Waals surface area contributed by atoms with Gasteiger partial charge in [-0.1, -0.05) is 30.3 Å². The molecule has 1 N–H and O–H groups in total. The molecule has 170 valence electrons. The third-order valence-electron chi connectivity index (χ3n) is 4.75. The fourth-order valence-electron chi connectivity index (χ4n) is 3.08. The molecule has 0 atom stereocenters. The molecule has 3 aromatic rings. The van der Waals surface area contributed by atoms with Crippen LogP contribution in [0, 0.1) is 21.4 Å².